The van der Waals surface area contributed by atoms with E-state index >= 15 is 0 Å². The van der Waals surface area contributed by atoms with Gasteiger partial charge in [-0.15, -0.1) is 0 Å². The SMILES string of the molecule is CC1(C)C(=O)N[C@H]1C(=O)O. The molecule has 1 fully saturated rings. The zero-order valence-corrected chi connectivity index (χ0v) is 5.84. The molecule has 1 aliphatic heterocycles. The lowest BCUT2D eigenvalue weighted by Crippen LogP contribution is -2.67. The summed E-state index contributed by atoms with van der Waals surface area (Å²) in [5, 5.41) is 10.8. The van der Waals surface area contributed by atoms with Gasteiger partial charge in [0.25, 0.3) is 0 Å². The van der Waals surface area contributed by atoms with Gasteiger partial charge < -0.3 is 10.4 Å². The summed E-state index contributed by atoms with van der Waals surface area (Å²) in [6.45, 7) is 3.23. The number of rotatable bonds is 1. The summed E-state index contributed by atoms with van der Waals surface area (Å²) in [7, 11) is 0. The van der Waals surface area contributed by atoms with E-state index in [-0.39, 0.29) is 5.91 Å². The number of hydrogen-bond acceptors (Lipinski definition) is 2. The van der Waals surface area contributed by atoms with Gasteiger partial charge >= 0.3 is 5.97 Å². The van der Waals surface area contributed by atoms with E-state index in [4.69, 9.17) is 5.11 Å². The maximum atomic E-state index is 10.7. The van der Waals surface area contributed by atoms with Crippen LogP contribution in [0.4, 0.5) is 0 Å². The molecule has 1 amide bonds. The summed E-state index contributed by atoms with van der Waals surface area (Å²) in [5.41, 5.74) is -0.730. The van der Waals surface area contributed by atoms with Gasteiger partial charge in [-0.1, -0.05) is 0 Å². The average molecular weight is 143 g/mol. The topological polar surface area (TPSA) is 66.4 Å². The van der Waals surface area contributed by atoms with Crippen molar-refractivity contribution < 1.29 is 14.7 Å². The molecular weight excluding hydrogens is 134 g/mol. The molecule has 4 heteroatoms. The Kier molecular flexibility index (Phi) is 1.21. The highest BCUT2D eigenvalue weighted by Crippen LogP contribution is 2.29. The number of nitrogens with one attached hydrogen (secondary N) is 1. The standard InChI is InChI=1S/C6H9NO3/c1-6(2)3(4(8)9)7-5(6)10/h3H,1-2H3,(H,7,10)(H,8,9)/t3-/m0/s1. The molecular formula is C6H9NO3. The van der Waals surface area contributed by atoms with Crippen LogP contribution in [0.2, 0.25) is 0 Å². The summed E-state index contributed by atoms with van der Waals surface area (Å²) >= 11 is 0. The third kappa shape index (κ3) is 0.683. The molecule has 0 aromatic rings. The van der Waals surface area contributed by atoms with Crippen molar-refractivity contribution in [3.63, 3.8) is 0 Å². The molecule has 1 saturated heterocycles. The first-order chi connectivity index (χ1) is 4.46. The summed E-state index contributed by atoms with van der Waals surface area (Å²) in [5.74, 6) is -1.16. The molecule has 0 saturated carbocycles. The Morgan fingerprint density at radius 2 is 2.20 bits per heavy atom. The fraction of sp³-hybridized carbons (Fsp3) is 0.667. The van der Waals surface area contributed by atoms with Gasteiger partial charge in [0, 0.05) is 0 Å². The first-order valence-electron chi connectivity index (χ1n) is 3.00. The van der Waals surface area contributed by atoms with E-state index in [0.29, 0.717) is 0 Å². The molecule has 0 aromatic carbocycles. The highest BCUT2D eigenvalue weighted by molar-refractivity contribution is 5.99. The van der Waals surface area contributed by atoms with Crippen LogP contribution in [0, 0.1) is 5.41 Å². The predicted octanol–water partition coefficient (Wildman–Crippen LogP) is -0.404. The minimum atomic E-state index is -0.968. The molecule has 10 heavy (non-hydrogen) atoms. The Labute approximate surface area is 58.2 Å². The maximum absolute atomic E-state index is 10.7. The smallest absolute Gasteiger partial charge is 0.327 e. The van der Waals surface area contributed by atoms with Gasteiger partial charge in [0.15, 0.2) is 0 Å². The van der Waals surface area contributed by atoms with Crippen LogP contribution in [0.25, 0.3) is 0 Å². The van der Waals surface area contributed by atoms with Crippen molar-refractivity contribution >= 4 is 11.9 Å². The van der Waals surface area contributed by atoms with Crippen LogP contribution in [0.5, 0.6) is 0 Å². The van der Waals surface area contributed by atoms with Gasteiger partial charge in [-0.05, 0) is 13.8 Å². The molecule has 2 N–H and O–H groups in total. The number of aliphatic carboxylic acids is 1. The second-order valence-corrected chi connectivity index (χ2v) is 2.97. The van der Waals surface area contributed by atoms with Crippen molar-refractivity contribution in [3.05, 3.63) is 0 Å². The number of carboxylic acid groups (broad SMARTS) is 1. The van der Waals surface area contributed by atoms with Crippen molar-refractivity contribution in [3.8, 4) is 0 Å². The molecule has 0 bridgehead atoms. The number of carboxylic acids is 1. The van der Waals surface area contributed by atoms with Gasteiger partial charge in [-0.2, -0.15) is 0 Å². The van der Waals surface area contributed by atoms with E-state index in [1.54, 1.807) is 13.8 Å². The van der Waals surface area contributed by atoms with Crippen LogP contribution in [-0.2, 0) is 9.59 Å². The van der Waals surface area contributed by atoms with Gasteiger partial charge in [0.2, 0.25) is 5.91 Å². The first kappa shape index (κ1) is 7.05. The lowest BCUT2D eigenvalue weighted by atomic mass is 9.76. The molecule has 4 nitrogen and oxygen atoms in total. The van der Waals surface area contributed by atoms with E-state index in [2.05, 4.69) is 5.32 Å². The minimum absolute atomic E-state index is 0.195. The van der Waals surface area contributed by atoms with Crippen LogP contribution in [0.1, 0.15) is 13.8 Å². The number of β-lactam (4-membered cyclic amide) rings is 1. The predicted molar refractivity (Wildman–Crippen MR) is 33.3 cm³/mol. The largest absolute Gasteiger partial charge is 0.480 e. The van der Waals surface area contributed by atoms with Gasteiger partial charge in [0.05, 0.1) is 5.41 Å². The summed E-state index contributed by atoms with van der Waals surface area (Å²) in [4.78, 5) is 21.0. The van der Waals surface area contributed by atoms with Crippen LogP contribution in [-0.4, -0.2) is 23.0 Å². The number of carbonyl (C=O) groups is 2. The van der Waals surface area contributed by atoms with Gasteiger partial charge in [-0.3, -0.25) is 4.79 Å². The zero-order valence-electron chi connectivity index (χ0n) is 5.84. The van der Waals surface area contributed by atoms with Gasteiger partial charge in [0.1, 0.15) is 6.04 Å². The second-order valence-electron chi connectivity index (χ2n) is 2.97. The Morgan fingerprint density at radius 3 is 2.30 bits per heavy atom. The average Bonchev–Trinajstić information content (AvgIpc) is 1.82. The van der Waals surface area contributed by atoms with E-state index in [1.807, 2.05) is 0 Å². The third-order valence-electron chi connectivity index (χ3n) is 1.83. The molecule has 0 spiro atoms. The van der Waals surface area contributed by atoms with E-state index in [0.717, 1.165) is 0 Å². The minimum Gasteiger partial charge on any atom is -0.480 e. The highest BCUT2D eigenvalue weighted by atomic mass is 16.4. The third-order valence-corrected chi connectivity index (χ3v) is 1.83. The molecule has 0 aliphatic carbocycles. The van der Waals surface area contributed by atoms with Crippen molar-refractivity contribution in [1.82, 2.24) is 5.32 Å². The summed E-state index contributed by atoms with van der Waals surface area (Å²) in [6, 6.07) is -0.708. The normalized spacial score (nSPS) is 28.6. The molecule has 1 aliphatic rings. The van der Waals surface area contributed by atoms with Crippen LogP contribution in [0.15, 0.2) is 0 Å². The van der Waals surface area contributed by atoms with E-state index in [9.17, 15) is 9.59 Å². The van der Waals surface area contributed by atoms with Crippen LogP contribution < -0.4 is 5.32 Å². The van der Waals surface area contributed by atoms with E-state index < -0.39 is 17.4 Å². The zero-order chi connectivity index (χ0) is 7.94. The highest BCUT2D eigenvalue weighted by Gasteiger charge is 2.51. The molecule has 56 valence electrons. The van der Waals surface area contributed by atoms with E-state index in [1.165, 1.54) is 0 Å². The maximum Gasteiger partial charge on any atom is 0.327 e. The lowest BCUT2D eigenvalue weighted by molar-refractivity contribution is -0.159. The van der Waals surface area contributed by atoms with Crippen molar-refractivity contribution in [1.29, 1.82) is 0 Å². The monoisotopic (exact) mass is 143 g/mol. The Hall–Kier alpha value is -1.06. The van der Waals surface area contributed by atoms with Crippen molar-refractivity contribution in [2.24, 2.45) is 5.41 Å². The molecule has 0 aromatic heterocycles. The lowest BCUT2D eigenvalue weighted by Gasteiger charge is -2.40. The van der Waals surface area contributed by atoms with Crippen LogP contribution in [0.3, 0.4) is 0 Å². The quantitative estimate of drug-likeness (QED) is 0.490. The van der Waals surface area contributed by atoms with Gasteiger partial charge in [-0.25, -0.2) is 4.79 Å². The Morgan fingerprint density at radius 1 is 1.70 bits per heavy atom. The summed E-state index contributed by atoms with van der Waals surface area (Å²) in [6.07, 6.45) is 0. The van der Waals surface area contributed by atoms with Crippen molar-refractivity contribution in [2.75, 3.05) is 0 Å². The number of hydrogen-bond donors (Lipinski definition) is 2. The molecule has 0 unspecified atom stereocenters. The molecule has 1 rings (SSSR count). The fourth-order valence-electron chi connectivity index (χ4n) is 0.921. The summed E-state index contributed by atoms with van der Waals surface area (Å²) < 4.78 is 0. The van der Waals surface area contributed by atoms with Crippen LogP contribution >= 0.6 is 0 Å². The Bertz CT molecular complexity index is 197. The molecule has 0 radical (unpaired) electrons. The second kappa shape index (κ2) is 1.71. The molecule has 1 atom stereocenters. The molecule has 1 heterocycles. The fourth-order valence-corrected chi connectivity index (χ4v) is 0.921. The number of carbonyl (C=O) groups excluding carboxylic acids is 1. The van der Waals surface area contributed by atoms with Crippen molar-refractivity contribution in [2.45, 2.75) is 19.9 Å². The number of amides is 1. The Balaban J connectivity index is 2.72. The first-order valence-corrected chi connectivity index (χ1v) is 3.00.